The Labute approximate surface area is 140 Å². The topological polar surface area (TPSA) is 104 Å². The number of ether oxygens (including phenoxy) is 1. The van der Waals surface area contributed by atoms with Crippen molar-refractivity contribution in [2.24, 2.45) is 0 Å². The maximum atomic E-state index is 12.9. The zero-order valence-electron chi connectivity index (χ0n) is 13.7. The Morgan fingerprint density at radius 3 is 2.38 bits per heavy atom. The minimum Gasteiger partial charge on any atom is -0.447 e. The van der Waals surface area contributed by atoms with Crippen molar-refractivity contribution in [1.82, 2.24) is 4.90 Å². The van der Waals surface area contributed by atoms with Crippen LogP contribution in [0.5, 0.6) is 0 Å². The Bertz CT molecular complexity index is 652. The van der Waals surface area contributed by atoms with Gasteiger partial charge in [-0.1, -0.05) is 44.2 Å². The van der Waals surface area contributed by atoms with Gasteiger partial charge in [0.15, 0.2) is 5.16 Å². The molecule has 1 aliphatic heterocycles. The van der Waals surface area contributed by atoms with Crippen molar-refractivity contribution in [1.29, 1.82) is 0 Å². The first kappa shape index (κ1) is 18.6. The zero-order chi connectivity index (χ0) is 18.0. The molecule has 0 saturated carbocycles. The van der Waals surface area contributed by atoms with E-state index in [1.807, 2.05) is 30.3 Å². The number of benzene rings is 1. The lowest BCUT2D eigenvalue weighted by Gasteiger charge is -2.34. The summed E-state index contributed by atoms with van der Waals surface area (Å²) in [7, 11) is -4.75. The molecule has 1 atom stereocenters. The van der Waals surface area contributed by atoms with Crippen molar-refractivity contribution >= 4 is 19.6 Å². The molecule has 1 aromatic rings. The van der Waals surface area contributed by atoms with E-state index in [2.05, 4.69) is 0 Å². The SMILES string of the molecule is CCC(CC)(C(=O)N1C(=O)OC[C@@H]1Cc1ccccc1)P(=O)(O)O. The Balaban J connectivity index is 2.34. The summed E-state index contributed by atoms with van der Waals surface area (Å²) in [6.07, 6.45) is -0.591. The Hall–Kier alpha value is -1.69. The van der Waals surface area contributed by atoms with Gasteiger partial charge in [-0.15, -0.1) is 0 Å². The van der Waals surface area contributed by atoms with Crippen LogP contribution in [0.25, 0.3) is 0 Å². The van der Waals surface area contributed by atoms with Crippen LogP contribution in [-0.2, 0) is 20.5 Å². The smallest absolute Gasteiger partial charge is 0.417 e. The van der Waals surface area contributed by atoms with Crippen LogP contribution in [0.1, 0.15) is 32.3 Å². The maximum absolute atomic E-state index is 12.9. The van der Waals surface area contributed by atoms with Gasteiger partial charge in [0.2, 0.25) is 0 Å². The van der Waals surface area contributed by atoms with Crippen molar-refractivity contribution in [3.05, 3.63) is 35.9 Å². The van der Waals surface area contributed by atoms with Crippen LogP contribution in [0.3, 0.4) is 0 Å². The molecule has 1 aliphatic rings. The Morgan fingerprint density at radius 2 is 1.88 bits per heavy atom. The number of hydrogen-bond acceptors (Lipinski definition) is 4. The van der Waals surface area contributed by atoms with Gasteiger partial charge in [-0.3, -0.25) is 9.36 Å². The molecule has 0 spiro atoms. The van der Waals surface area contributed by atoms with Gasteiger partial charge in [0.25, 0.3) is 5.91 Å². The third-order valence-corrected chi connectivity index (χ3v) is 6.56. The van der Waals surface area contributed by atoms with Gasteiger partial charge in [0.1, 0.15) is 6.61 Å². The van der Waals surface area contributed by atoms with Crippen LogP contribution in [0.4, 0.5) is 4.79 Å². The molecule has 0 unspecified atom stereocenters. The highest BCUT2D eigenvalue weighted by atomic mass is 31.2. The predicted molar refractivity (Wildman–Crippen MR) is 87.5 cm³/mol. The minimum atomic E-state index is -4.75. The second-order valence-electron chi connectivity index (χ2n) is 5.88. The normalized spacial score (nSPS) is 18.6. The van der Waals surface area contributed by atoms with Crippen molar-refractivity contribution in [2.75, 3.05) is 6.61 Å². The van der Waals surface area contributed by atoms with E-state index in [4.69, 9.17) is 4.74 Å². The van der Waals surface area contributed by atoms with Crippen LogP contribution in [0, 0.1) is 0 Å². The second kappa shape index (κ2) is 7.05. The van der Waals surface area contributed by atoms with Crippen molar-refractivity contribution < 1.29 is 28.7 Å². The number of carbonyl (C=O) groups excluding carboxylic acids is 2. The van der Waals surface area contributed by atoms with E-state index in [0.29, 0.717) is 6.42 Å². The molecule has 132 valence electrons. The lowest BCUT2D eigenvalue weighted by molar-refractivity contribution is -0.132. The maximum Gasteiger partial charge on any atom is 0.417 e. The van der Waals surface area contributed by atoms with Crippen LogP contribution < -0.4 is 0 Å². The predicted octanol–water partition coefficient (Wildman–Crippen LogP) is 2.31. The summed E-state index contributed by atoms with van der Waals surface area (Å²) in [6.45, 7) is 3.09. The van der Waals surface area contributed by atoms with E-state index < -0.39 is 30.8 Å². The standard InChI is InChI=1S/C16H22NO6P/c1-3-16(4-2,24(20,21)22)14(18)17-13(11-23-15(17)19)10-12-8-6-5-7-9-12/h5-9,13H,3-4,10-11H2,1-2H3,(H2,20,21,22)/t13-/m0/s1. The summed E-state index contributed by atoms with van der Waals surface area (Å²) >= 11 is 0. The van der Waals surface area contributed by atoms with Gasteiger partial charge in [-0.05, 0) is 24.8 Å². The van der Waals surface area contributed by atoms with E-state index >= 15 is 0 Å². The average Bonchev–Trinajstić information content (AvgIpc) is 2.89. The monoisotopic (exact) mass is 355 g/mol. The zero-order valence-corrected chi connectivity index (χ0v) is 14.6. The molecule has 2 N–H and O–H groups in total. The fourth-order valence-electron chi connectivity index (χ4n) is 3.06. The van der Waals surface area contributed by atoms with Crippen molar-refractivity contribution in [2.45, 2.75) is 44.3 Å². The molecule has 0 aliphatic carbocycles. The lowest BCUT2D eigenvalue weighted by atomic mass is 9.98. The fourth-order valence-corrected chi connectivity index (χ4v) is 4.24. The van der Waals surface area contributed by atoms with Crippen LogP contribution >= 0.6 is 7.60 Å². The number of imide groups is 1. The third-order valence-electron chi connectivity index (χ3n) is 4.62. The Morgan fingerprint density at radius 1 is 1.29 bits per heavy atom. The summed E-state index contributed by atoms with van der Waals surface area (Å²) in [4.78, 5) is 45.3. The van der Waals surface area contributed by atoms with Gasteiger partial charge in [-0.2, -0.15) is 0 Å². The molecular formula is C16H22NO6P. The number of cyclic esters (lactones) is 1. The molecule has 1 heterocycles. The van der Waals surface area contributed by atoms with E-state index in [0.717, 1.165) is 10.5 Å². The summed E-state index contributed by atoms with van der Waals surface area (Å²) in [5.74, 6) is -0.857. The first-order valence-electron chi connectivity index (χ1n) is 7.86. The first-order valence-corrected chi connectivity index (χ1v) is 9.48. The average molecular weight is 355 g/mol. The molecular weight excluding hydrogens is 333 g/mol. The molecule has 1 fully saturated rings. The highest BCUT2D eigenvalue weighted by Crippen LogP contribution is 2.55. The van der Waals surface area contributed by atoms with E-state index in [1.165, 1.54) is 13.8 Å². The molecule has 0 bridgehead atoms. The van der Waals surface area contributed by atoms with E-state index in [-0.39, 0.29) is 19.4 Å². The number of carbonyl (C=O) groups is 2. The fraction of sp³-hybridized carbons (Fsp3) is 0.500. The summed E-state index contributed by atoms with van der Waals surface area (Å²) in [5, 5.41) is -1.90. The molecule has 1 saturated heterocycles. The number of nitrogens with zero attached hydrogens (tertiary/aromatic N) is 1. The van der Waals surface area contributed by atoms with E-state index in [9.17, 15) is 23.9 Å². The highest BCUT2D eigenvalue weighted by molar-refractivity contribution is 7.54. The quantitative estimate of drug-likeness (QED) is 0.759. The molecule has 0 aromatic heterocycles. The van der Waals surface area contributed by atoms with Crippen molar-refractivity contribution in [3.8, 4) is 0 Å². The third kappa shape index (κ3) is 3.24. The number of amides is 2. The van der Waals surface area contributed by atoms with Gasteiger partial charge in [-0.25, -0.2) is 9.69 Å². The second-order valence-corrected chi connectivity index (χ2v) is 7.82. The number of hydrogen-bond donors (Lipinski definition) is 2. The van der Waals surface area contributed by atoms with Crippen LogP contribution in [0.2, 0.25) is 0 Å². The molecule has 2 rings (SSSR count). The summed E-state index contributed by atoms with van der Waals surface area (Å²) in [5.41, 5.74) is 0.911. The molecule has 7 nitrogen and oxygen atoms in total. The first-order chi connectivity index (χ1) is 11.3. The van der Waals surface area contributed by atoms with Crippen LogP contribution in [-0.4, -0.2) is 44.5 Å². The summed E-state index contributed by atoms with van der Waals surface area (Å²) in [6, 6.07) is 8.70. The minimum absolute atomic E-state index is 0.0180. The molecule has 0 radical (unpaired) electrons. The highest BCUT2D eigenvalue weighted by Gasteiger charge is 2.56. The lowest BCUT2D eigenvalue weighted by Crippen LogP contribution is -2.52. The van der Waals surface area contributed by atoms with Gasteiger partial charge < -0.3 is 14.5 Å². The van der Waals surface area contributed by atoms with Gasteiger partial charge in [0.05, 0.1) is 6.04 Å². The van der Waals surface area contributed by atoms with Crippen LogP contribution in [0.15, 0.2) is 30.3 Å². The van der Waals surface area contributed by atoms with Gasteiger partial charge >= 0.3 is 13.7 Å². The number of rotatable bonds is 6. The molecule has 8 heteroatoms. The summed E-state index contributed by atoms with van der Waals surface area (Å²) < 4.78 is 17.0. The van der Waals surface area contributed by atoms with E-state index in [1.54, 1.807) is 0 Å². The largest absolute Gasteiger partial charge is 0.447 e. The Kier molecular flexibility index (Phi) is 5.48. The molecule has 1 aromatic carbocycles. The van der Waals surface area contributed by atoms with Crippen molar-refractivity contribution in [3.63, 3.8) is 0 Å². The molecule has 24 heavy (non-hydrogen) atoms. The molecule has 2 amide bonds. The van der Waals surface area contributed by atoms with Gasteiger partial charge in [0, 0.05) is 0 Å².